The maximum atomic E-state index is 14.5. The number of aromatic nitrogens is 3. The number of methoxy groups -OCH3 is 1. The van der Waals surface area contributed by atoms with Crippen molar-refractivity contribution in [3.63, 3.8) is 0 Å². The lowest BCUT2D eigenvalue weighted by Gasteiger charge is -2.25. The molecule has 1 fully saturated rings. The number of anilines is 2. The number of halogens is 2. The van der Waals surface area contributed by atoms with Gasteiger partial charge in [-0.05, 0) is 24.3 Å². The van der Waals surface area contributed by atoms with E-state index in [1.165, 1.54) is 57.0 Å². The van der Waals surface area contributed by atoms with Crippen molar-refractivity contribution in [2.75, 3.05) is 24.9 Å². The number of nitrogens with zero attached hydrogens (tertiary/aromatic N) is 4. The summed E-state index contributed by atoms with van der Waals surface area (Å²) in [5, 5.41) is 1.54. The fraction of sp³-hybridized carbons (Fsp3) is 0.417. The van der Waals surface area contributed by atoms with Crippen LogP contribution < -0.4 is 15.8 Å². The van der Waals surface area contributed by atoms with E-state index in [1.54, 1.807) is 6.07 Å². The van der Waals surface area contributed by atoms with Crippen molar-refractivity contribution in [2.45, 2.75) is 44.4 Å². The quantitative estimate of drug-likeness (QED) is 0.510. The first-order valence-corrected chi connectivity index (χ1v) is 13.4. The molecule has 2 atom stereocenters. The first-order chi connectivity index (χ1) is 17.3. The minimum atomic E-state index is -3.90. The Kier molecular flexibility index (Phi) is 9.08. The minimum absolute atomic E-state index is 0.0156. The number of rotatable bonds is 5. The standard InChI is InChI=1S/C19H18F2N6O3S.C3H6.C2H6/c1-30-16-8-24-17-13(26-16)4-5-23-19(17)25-10-2-3-12(21)11(6-10)14-9-31(28,29)15(7-20)18(22)27-14;1-2-3-1;1-2/h2-6,8,14-15H,7,9H2,1H3,(H2,22,27)(H,23,25);1-3H2;1-2H3. The number of amidine groups is 1. The second-order valence-corrected chi connectivity index (χ2v) is 10.1. The van der Waals surface area contributed by atoms with Crippen LogP contribution in [0.4, 0.5) is 20.3 Å². The fourth-order valence-corrected chi connectivity index (χ4v) is 4.83. The highest BCUT2D eigenvalue weighted by Crippen LogP contribution is 2.31. The highest BCUT2D eigenvalue weighted by molar-refractivity contribution is 7.92. The number of alkyl halides is 1. The number of benzene rings is 1. The molecule has 2 aliphatic rings. The summed E-state index contributed by atoms with van der Waals surface area (Å²) in [5.74, 6) is -0.857. The predicted molar refractivity (Wildman–Crippen MR) is 137 cm³/mol. The molecule has 0 radical (unpaired) electrons. The van der Waals surface area contributed by atoms with E-state index < -0.39 is 39.4 Å². The van der Waals surface area contributed by atoms with Gasteiger partial charge in [0.25, 0.3) is 0 Å². The molecule has 1 aliphatic carbocycles. The average Bonchev–Trinajstić information content (AvgIpc) is 3.75. The number of aliphatic imine (C=N–C) groups is 1. The number of nitrogens with one attached hydrogen (secondary N) is 1. The van der Waals surface area contributed by atoms with Crippen LogP contribution in [0, 0.1) is 5.82 Å². The zero-order valence-corrected chi connectivity index (χ0v) is 21.2. The van der Waals surface area contributed by atoms with E-state index in [2.05, 4.69) is 25.3 Å². The topological polar surface area (TPSA) is 132 Å². The zero-order valence-electron chi connectivity index (χ0n) is 20.4. The van der Waals surface area contributed by atoms with Gasteiger partial charge in [0.1, 0.15) is 29.1 Å². The van der Waals surface area contributed by atoms with Crippen LogP contribution in [0.25, 0.3) is 11.0 Å². The number of nitrogens with two attached hydrogens (primary N) is 1. The first-order valence-electron chi connectivity index (χ1n) is 11.7. The molecule has 2 unspecified atom stereocenters. The van der Waals surface area contributed by atoms with Gasteiger partial charge in [0.2, 0.25) is 5.88 Å². The maximum absolute atomic E-state index is 14.5. The molecule has 0 spiro atoms. The highest BCUT2D eigenvalue weighted by Gasteiger charge is 2.37. The first kappa shape index (κ1) is 27.2. The molecule has 5 rings (SSSR count). The Morgan fingerprint density at radius 2 is 1.89 bits per heavy atom. The van der Waals surface area contributed by atoms with Crippen molar-refractivity contribution in [3.8, 4) is 5.88 Å². The minimum Gasteiger partial charge on any atom is -0.480 e. The Balaban J connectivity index is 0.000000657. The van der Waals surface area contributed by atoms with Gasteiger partial charge in [-0.15, -0.1) is 0 Å². The Morgan fingerprint density at radius 3 is 2.50 bits per heavy atom. The Labute approximate surface area is 209 Å². The fourth-order valence-electron chi connectivity index (χ4n) is 3.29. The lowest BCUT2D eigenvalue weighted by molar-refractivity contribution is 0.397. The van der Waals surface area contributed by atoms with Gasteiger partial charge in [-0.1, -0.05) is 33.1 Å². The van der Waals surface area contributed by atoms with Crippen molar-refractivity contribution in [1.29, 1.82) is 0 Å². The van der Waals surface area contributed by atoms with E-state index in [-0.39, 0.29) is 11.4 Å². The third-order valence-corrected chi connectivity index (χ3v) is 7.23. The van der Waals surface area contributed by atoms with E-state index in [0.29, 0.717) is 28.4 Å². The summed E-state index contributed by atoms with van der Waals surface area (Å²) >= 11 is 0. The monoisotopic (exact) mass is 520 g/mol. The Morgan fingerprint density at radius 1 is 1.17 bits per heavy atom. The molecule has 3 heterocycles. The second-order valence-electron chi connectivity index (χ2n) is 7.90. The third-order valence-electron chi connectivity index (χ3n) is 5.22. The molecule has 0 bridgehead atoms. The van der Waals surface area contributed by atoms with Crippen molar-refractivity contribution in [3.05, 3.63) is 48.0 Å². The number of fused-ring (bicyclic) bond motifs is 1. The molecule has 12 heteroatoms. The van der Waals surface area contributed by atoms with Crippen LogP contribution in [-0.2, 0) is 9.84 Å². The normalized spacial score (nSPS) is 19.6. The van der Waals surface area contributed by atoms with Crippen LogP contribution >= 0.6 is 0 Å². The summed E-state index contributed by atoms with van der Waals surface area (Å²) in [6.45, 7) is 2.83. The maximum Gasteiger partial charge on any atom is 0.232 e. The number of pyridine rings is 1. The van der Waals surface area contributed by atoms with Gasteiger partial charge in [-0.3, -0.25) is 4.99 Å². The number of hydrogen-bond donors (Lipinski definition) is 2. The van der Waals surface area contributed by atoms with E-state index in [4.69, 9.17) is 10.5 Å². The number of hydrogen-bond acceptors (Lipinski definition) is 9. The van der Waals surface area contributed by atoms with Crippen LogP contribution in [0.2, 0.25) is 0 Å². The summed E-state index contributed by atoms with van der Waals surface area (Å²) < 4.78 is 57.3. The summed E-state index contributed by atoms with van der Waals surface area (Å²) in [7, 11) is -2.43. The van der Waals surface area contributed by atoms with Gasteiger partial charge in [-0.2, -0.15) is 0 Å². The molecule has 3 aromatic rings. The van der Waals surface area contributed by atoms with Crippen molar-refractivity contribution < 1.29 is 21.9 Å². The molecule has 36 heavy (non-hydrogen) atoms. The smallest absolute Gasteiger partial charge is 0.232 e. The molecule has 1 aliphatic heterocycles. The largest absolute Gasteiger partial charge is 0.480 e. The van der Waals surface area contributed by atoms with Gasteiger partial charge in [0.15, 0.2) is 15.7 Å². The molecule has 1 saturated carbocycles. The van der Waals surface area contributed by atoms with Crippen LogP contribution in [0.15, 0.2) is 41.7 Å². The average molecular weight is 521 g/mol. The summed E-state index contributed by atoms with van der Waals surface area (Å²) in [6, 6.07) is 4.64. The SMILES string of the molecule is C1CC1.CC.COc1cnc2c(Nc3ccc(F)c(C4CS(=O)(=O)C(CF)C(N)=N4)c3)nccc2n1. The van der Waals surface area contributed by atoms with Gasteiger partial charge in [-0.25, -0.2) is 32.2 Å². The number of sulfone groups is 1. The van der Waals surface area contributed by atoms with E-state index in [0.717, 1.165) is 0 Å². The molecule has 2 aromatic heterocycles. The molecule has 3 N–H and O–H groups in total. The summed E-state index contributed by atoms with van der Waals surface area (Å²) in [5.41, 5.74) is 7.08. The van der Waals surface area contributed by atoms with Crippen molar-refractivity contribution in [1.82, 2.24) is 15.0 Å². The van der Waals surface area contributed by atoms with Crippen LogP contribution in [0.5, 0.6) is 5.88 Å². The summed E-state index contributed by atoms with van der Waals surface area (Å²) in [6.07, 6.45) is 7.47. The van der Waals surface area contributed by atoms with Gasteiger partial charge in [0, 0.05) is 17.4 Å². The third kappa shape index (κ3) is 6.42. The molecular formula is C24H30F2N6O3S. The van der Waals surface area contributed by atoms with Crippen LogP contribution in [0.3, 0.4) is 0 Å². The van der Waals surface area contributed by atoms with Crippen LogP contribution in [0.1, 0.15) is 44.7 Å². The van der Waals surface area contributed by atoms with Gasteiger partial charge < -0.3 is 15.8 Å². The lowest BCUT2D eigenvalue weighted by Crippen LogP contribution is -2.44. The molecule has 9 nitrogen and oxygen atoms in total. The predicted octanol–water partition coefficient (Wildman–Crippen LogP) is 4.28. The molecule has 0 saturated heterocycles. The lowest BCUT2D eigenvalue weighted by atomic mass is 10.1. The summed E-state index contributed by atoms with van der Waals surface area (Å²) in [4.78, 5) is 16.9. The molecular weight excluding hydrogens is 490 g/mol. The van der Waals surface area contributed by atoms with Gasteiger partial charge in [0.05, 0.1) is 30.6 Å². The molecule has 194 valence electrons. The molecule has 1 aromatic carbocycles. The van der Waals surface area contributed by atoms with E-state index >= 15 is 0 Å². The number of ether oxygens (including phenoxy) is 1. The van der Waals surface area contributed by atoms with Crippen molar-refractivity contribution in [2.24, 2.45) is 10.7 Å². The Hall–Kier alpha value is -3.41. The van der Waals surface area contributed by atoms with Gasteiger partial charge >= 0.3 is 0 Å². The molecule has 0 amide bonds. The second kappa shape index (κ2) is 12.0. The highest BCUT2D eigenvalue weighted by atomic mass is 32.2. The van der Waals surface area contributed by atoms with E-state index in [1.807, 2.05) is 13.8 Å². The van der Waals surface area contributed by atoms with E-state index in [9.17, 15) is 17.2 Å². The van der Waals surface area contributed by atoms with Crippen LogP contribution in [-0.4, -0.2) is 54.0 Å². The Bertz CT molecular complexity index is 1330. The van der Waals surface area contributed by atoms with Crippen molar-refractivity contribution >= 4 is 38.2 Å². The zero-order chi connectivity index (χ0) is 26.3.